The maximum Gasteiger partial charge on any atom is 0.418 e. The van der Waals surface area contributed by atoms with E-state index in [1.165, 1.54) is 18.2 Å². The van der Waals surface area contributed by atoms with Gasteiger partial charge in [-0.2, -0.15) is 18.4 Å². The quantitative estimate of drug-likeness (QED) is 0.481. The number of nitriles is 1. The lowest BCUT2D eigenvalue weighted by Gasteiger charge is -2.21. The number of benzene rings is 2. The van der Waals surface area contributed by atoms with Crippen LogP contribution >= 0.6 is 0 Å². The summed E-state index contributed by atoms with van der Waals surface area (Å²) in [4.78, 5) is 14.4. The van der Waals surface area contributed by atoms with E-state index in [1.807, 2.05) is 12.1 Å². The molecule has 0 aromatic heterocycles. The Kier molecular flexibility index (Phi) is 6.83. The van der Waals surface area contributed by atoms with Gasteiger partial charge in [-0.05, 0) is 35.9 Å². The average molecular weight is 433 g/mol. The number of carbonyl (C=O) groups is 1. The average Bonchev–Trinajstić information content (AvgIpc) is 3.28. The van der Waals surface area contributed by atoms with Crippen molar-refractivity contribution in [3.63, 3.8) is 0 Å². The number of fused-ring (bicyclic) bond motifs is 1. The van der Waals surface area contributed by atoms with E-state index in [0.29, 0.717) is 5.39 Å². The normalized spacial score (nSPS) is 16.1. The smallest absolute Gasteiger partial charge is 0.394 e. The first-order chi connectivity index (χ1) is 14.8. The van der Waals surface area contributed by atoms with Crippen LogP contribution in [-0.4, -0.2) is 54.6 Å². The molecule has 3 N–H and O–H groups in total. The third-order valence-corrected chi connectivity index (χ3v) is 5.18. The highest BCUT2D eigenvalue weighted by Gasteiger charge is 2.39. The predicted octanol–water partition coefficient (Wildman–Crippen LogP) is 2.75. The fourth-order valence-corrected chi connectivity index (χ4v) is 3.68. The summed E-state index contributed by atoms with van der Waals surface area (Å²) in [6, 6.07) is 11.0. The number of allylic oxidation sites excluding steroid dienone is 1. The molecule has 2 aromatic carbocycles. The number of rotatable bonds is 6. The summed E-state index contributed by atoms with van der Waals surface area (Å²) < 4.78 is 41.9. The van der Waals surface area contributed by atoms with Gasteiger partial charge in [0.2, 0.25) is 0 Å². The van der Waals surface area contributed by atoms with Crippen molar-refractivity contribution in [1.29, 1.82) is 5.26 Å². The SMILES string of the molecule is N#C/C(C(=O)NCC(O)CO)=C(\c1ccc2cccc(N3CCCC3)c2c1)C(F)(F)F. The topological polar surface area (TPSA) is 96.6 Å². The van der Waals surface area contributed by atoms with E-state index in [1.54, 1.807) is 12.1 Å². The molecule has 31 heavy (non-hydrogen) atoms. The molecule has 9 heteroatoms. The Hall–Kier alpha value is -3.09. The Bertz CT molecular complexity index is 1040. The number of halogens is 3. The van der Waals surface area contributed by atoms with Gasteiger partial charge in [-0.15, -0.1) is 0 Å². The maximum absolute atomic E-state index is 14.0. The van der Waals surface area contributed by atoms with Gasteiger partial charge in [0.05, 0.1) is 18.3 Å². The molecule has 2 aromatic rings. The van der Waals surface area contributed by atoms with E-state index in [2.05, 4.69) is 10.2 Å². The van der Waals surface area contributed by atoms with E-state index in [-0.39, 0.29) is 5.56 Å². The molecule has 164 valence electrons. The molecule has 1 aliphatic rings. The Morgan fingerprint density at radius 3 is 2.55 bits per heavy atom. The van der Waals surface area contributed by atoms with Crippen LogP contribution in [0.4, 0.5) is 18.9 Å². The number of nitrogens with zero attached hydrogens (tertiary/aromatic N) is 2. The summed E-state index contributed by atoms with van der Waals surface area (Å²) in [5.41, 5.74) is -1.92. The Morgan fingerprint density at radius 2 is 1.94 bits per heavy atom. The fraction of sp³-hybridized carbons (Fsp3) is 0.364. The van der Waals surface area contributed by atoms with Crippen LogP contribution in [0.15, 0.2) is 42.0 Å². The zero-order valence-corrected chi connectivity index (χ0v) is 16.6. The second-order valence-electron chi connectivity index (χ2n) is 7.31. The number of amides is 1. The molecule has 3 rings (SSSR count). The molecule has 1 saturated heterocycles. The molecule has 0 bridgehead atoms. The van der Waals surface area contributed by atoms with Gasteiger partial charge in [-0.1, -0.05) is 24.3 Å². The minimum atomic E-state index is -4.96. The summed E-state index contributed by atoms with van der Waals surface area (Å²) in [5.74, 6) is -1.27. The van der Waals surface area contributed by atoms with E-state index in [9.17, 15) is 28.3 Å². The highest BCUT2D eigenvalue weighted by Crippen LogP contribution is 2.39. The third kappa shape index (κ3) is 4.98. The first kappa shape index (κ1) is 22.6. The van der Waals surface area contributed by atoms with Gasteiger partial charge in [-0.3, -0.25) is 4.79 Å². The van der Waals surface area contributed by atoms with Crippen LogP contribution in [0.2, 0.25) is 0 Å². The number of hydrogen-bond donors (Lipinski definition) is 3. The lowest BCUT2D eigenvalue weighted by molar-refractivity contribution is -0.118. The van der Waals surface area contributed by atoms with E-state index < -0.39 is 42.5 Å². The Morgan fingerprint density at radius 1 is 1.23 bits per heavy atom. The zero-order valence-electron chi connectivity index (χ0n) is 16.6. The summed E-state index contributed by atoms with van der Waals surface area (Å²) in [6.07, 6.45) is -4.31. The van der Waals surface area contributed by atoms with E-state index in [4.69, 9.17) is 5.11 Å². The minimum absolute atomic E-state index is 0.291. The highest BCUT2D eigenvalue weighted by molar-refractivity contribution is 6.07. The zero-order chi connectivity index (χ0) is 22.6. The lowest BCUT2D eigenvalue weighted by Crippen LogP contribution is -2.35. The second kappa shape index (κ2) is 9.37. The van der Waals surface area contributed by atoms with Crippen molar-refractivity contribution in [3.8, 4) is 6.07 Å². The molecule has 1 heterocycles. The number of aliphatic hydroxyl groups excluding tert-OH is 2. The lowest BCUT2D eigenvalue weighted by atomic mass is 9.95. The van der Waals surface area contributed by atoms with Crippen LogP contribution in [0, 0.1) is 11.3 Å². The van der Waals surface area contributed by atoms with Crippen molar-refractivity contribution in [3.05, 3.63) is 47.5 Å². The van der Waals surface area contributed by atoms with Gasteiger partial charge in [-0.25, -0.2) is 0 Å². The molecule has 6 nitrogen and oxygen atoms in total. The van der Waals surface area contributed by atoms with Crippen LogP contribution < -0.4 is 10.2 Å². The molecule has 0 spiro atoms. The molecular weight excluding hydrogens is 411 g/mol. The molecule has 0 aliphatic carbocycles. The number of hydrogen-bond acceptors (Lipinski definition) is 5. The van der Waals surface area contributed by atoms with Gasteiger partial charge in [0.1, 0.15) is 11.6 Å². The van der Waals surface area contributed by atoms with Crippen molar-refractivity contribution in [2.24, 2.45) is 0 Å². The molecule has 1 fully saturated rings. The number of carbonyl (C=O) groups excluding carboxylic acids is 1. The van der Waals surface area contributed by atoms with Gasteiger partial charge in [0.15, 0.2) is 0 Å². The van der Waals surface area contributed by atoms with Crippen molar-refractivity contribution in [2.45, 2.75) is 25.1 Å². The van der Waals surface area contributed by atoms with Gasteiger partial charge < -0.3 is 20.4 Å². The summed E-state index contributed by atoms with van der Waals surface area (Å²) in [7, 11) is 0. The molecule has 0 radical (unpaired) electrons. The van der Waals surface area contributed by atoms with Crippen LogP contribution in [0.3, 0.4) is 0 Å². The minimum Gasteiger partial charge on any atom is -0.394 e. The summed E-state index contributed by atoms with van der Waals surface area (Å²) in [6.45, 7) is 0.457. The van der Waals surface area contributed by atoms with Crippen LogP contribution in [-0.2, 0) is 4.79 Å². The van der Waals surface area contributed by atoms with Crippen molar-refractivity contribution in [2.75, 3.05) is 31.1 Å². The Labute approximate surface area is 177 Å². The fourth-order valence-electron chi connectivity index (χ4n) is 3.68. The van der Waals surface area contributed by atoms with Crippen molar-refractivity contribution < 1.29 is 28.2 Å². The van der Waals surface area contributed by atoms with Crippen LogP contribution in [0.5, 0.6) is 0 Å². The number of aliphatic hydroxyl groups is 2. The molecule has 1 atom stereocenters. The molecular formula is C22H22F3N3O3. The number of nitrogens with one attached hydrogen (secondary N) is 1. The maximum atomic E-state index is 14.0. The van der Waals surface area contributed by atoms with Crippen LogP contribution in [0.1, 0.15) is 18.4 Å². The van der Waals surface area contributed by atoms with Crippen molar-refractivity contribution >= 4 is 27.9 Å². The molecule has 1 amide bonds. The highest BCUT2D eigenvalue weighted by atomic mass is 19.4. The number of alkyl halides is 3. The summed E-state index contributed by atoms with van der Waals surface area (Å²) in [5, 5.41) is 30.9. The predicted molar refractivity (Wildman–Crippen MR) is 110 cm³/mol. The largest absolute Gasteiger partial charge is 0.418 e. The monoisotopic (exact) mass is 433 g/mol. The number of anilines is 1. The van der Waals surface area contributed by atoms with Gasteiger partial charge in [0.25, 0.3) is 5.91 Å². The van der Waals surface area contributed by atoms with Gasteiger partial charge in [0, 0.05) is 30.7 Å². The first-order valence-corrected chi connectivity index (χ1v) is 9.83. The van der Waals surface area contributed by atoms with Gasteiger partial charge >= 0.3 is 6.18 Å². The molecule has 0 saturated carbocycles. The van der Waals surface area contributed by atoms with E-state index in [0.717, 1.165) is 37.0 Å². The molecule has 1 aliphatic heterocycles. The standard InChI is InChI=1S/C22H22F3N3O3/c23-22(24,25)20(18(11-26)21(31)27-12-16(30)13-29)15-7-6-14-4-3-5-19(17(14)10-15)28-8-1-2-9-28/h3-7,10,16,29-30H,1-2,8-9,12-13H2,(H,27,31)/b20-18-. The third-order valence-electron chi connectivity index (χ3n) is 5.18. The van der Waals surface area contributed by atoms with E-state index >= 15 is 0 Å². The molecule has 1 unspecified atom stereocenters. The summed E-state index contributed by atoms with van der Waals surface area (Å²) >= 11 is 0. The van der Waals surface area contributed by atoms with Crippen molar-refractivity contribution in [1.82, 2.24) is 5.32 Å². The Balaban J connectivity index is 2.12. The first-order valence-electron chi connectivity index (χ1n) is 9.83. The second-order valence-corrected chi connectivity index (χ2v) is 7.31. The van der Waals surface area contributed by atoms with Crippen LogP contribution in [0.25, 0.3) is 16.3 Å².